The van der Waals surface area contributed by atoms with Crippen LogP contribution in [0.4, 0.5) is 0 Å². The van der Waals surface area contributed by atoms with Crippen molar-refractivity contribution in [1.29, 1.82) is 0 Å². The molecule has 1 aliphatic carbocycles. The number of rotatable bonds is 6. The van der Waals surface area contributed by atoms with E-state index in [2.05, 4.69) is 34.3 Å². The van der Waals surface area contributed by atoms with E-state index in [1.807, 2.05) is 16.7 Å². The molecule has 7 heteroatoms. The fraction of sp³-hybridized carbons (Fsp3) is 0.556. The Morgan fingerprint density at radius 3 is 2.76 bits per heavy atom. The predicted molar refractivity (Wildman–Crippen MR) is 99.2 cm³/mol. The fourth-order valence-electron chi connectivity index (χ4n) is 3.30. The van der Waals surface area contributed by atoms with E-state index in [1.165, 1.54) is 31.0 Å². The molecule has 0 spiro atoms. The number of thioether (sulfide) groups is 1. The van der Waals surface area contributed by atoms with Crippen LogP contribution in [0.15, 0.2) is 29.7 Å². The average molecular weight is 359 g/mol. The smallest absolute Gasteiger partial charge is 0.230 e. The molecule has 6 nitrogen and oxygen atoms in total. The lowest BCUT2D eigenvalue weighted by Crippen LogP contribution is -2.41. The largest absolute Gasteiger partial charge is 0.352 e. The van der Waals surface area contributed by atoms with Crippen LogP contribution in [0.3, 0.4) is 0 Å². The number of carbonyl (C=O) groups excluding carboxylic acids is 1. The highest BCUT2D eigenvalue weighted by atomic mass is 32.2. The lowest BCUT2D eigenvalue weighted by atomic mass is 9.86. The van der Waals surface area contributed by atoms with Crippen LogP contribution in [0.1, 0.15) is 39.5 Å². The Balaban J connectivity index is 1.61. The Morgan fingerprint density at radius 1 is 1.28 bits per heavy atom. The zero-order valence-corrected chi connectivity index (χ0v) is 15.6. The average Bonchev–Trinajstić information content (AvgIpc) is 3.05. The van der Waals surface area contributed by atoms with Crippen molar-refractivity contribution in [2.75, 3.05) is 5.75 Å². The minimum Gasteiger partial charge on any atom is -0.352 e. The normalized spacial score (nSPS) is 20.4. The SMILES string of the molecule is CCn1c(SCC(=O)N[C@@H]2CCCC[C@@H]2C)nnc1-c1ccncc1. The van der Waals surface area contributed by atoms with Gasteiger partial charge in [0.1, 0.15) is 0 Å². The first kappa shape index (κ1) is 17.9. The van der Waals surface area contributed by atoms with Crippen molar-refractivity contribution in [2.24, 2.45) is 5.92 Å². The number of hydrogen-bond donors (Lipinski definition) is 1. The maximum Gasteiger partial charge on any atom is 0.230 e. The zero-order chi connectivity index (χ0) is 17.6. The summed E-state index contributed by atoms with van der Waals surface area (Å²) in [7, 11) is 0. The summed E-state index contributed by atoms with van der Waals surface area (Å²) in [6, 6.07) is 4.15. The molecule has 0 aliphatic heterocycles. The highest BCUT2D eigenvalue weighted by Crippen LogP contribution is 2.25. The van der Waals surface area contributed by atoms with Gasteiger partial charge in [0.15, 0.2) is 11.0 Å². The monoisotopic (exact) mass is 359 g/mol. The minimum atomic E-state index is 0.0832. The lowest BCUT2D eigenvalue weighted by Gasteiger charge is -2.29. The summed E-state index contributed by atoms with van der Waals surface area (Å²) in [5.41, 5.74) is 0.983. The van der Waals surface area contributed by atoms with Crippen LogP contribution in [0, 0.1) is 5.92 Å². The summed E-state index contributed by atoms with van der Waals surface area (Å²) in [5, 5.41) is 12.5. The molecule has 0 unspecified atom stereocenters. The molecular formula is C18H25N5OS. The summed E-state index contributed by atoms with van der Waals surface area (Å²) in [6.07, 6.45) is 8.28. The molecule has 2 heterocycles. The van der Waals surface area contributed by atoms with E-state index in [9.17, 15) is 4.79 Å². The van der Waals surface area contributed by atoms with Crippen LogP contribution in [-0.4, -0.2) is 37.5 Å². The number of amides is 1. The van der Waals surface area contributed by atoms with E-state index in [4.69, 9.17) is 0 Å². The van der Waals surface area contributed by atoms with Crippen molar-refractivity contribution in [3.63, 3.8) is 0 Å². The van der Waals surface area contributed by atoms with Crippen molar-refractivity contribution in [3.05, 3.63) is 24.5 Å². The Bertz CT molecular complexity index is 703. The molecule has 134 valence electrons. The topological polar surface area (TPSA) is 72.7 Å². The van der Waals surface area contributed by atoms with Crippen LogP contribution in [0.5, 0.6) is 0 Å². The number of hydrogen-bond acceptors (Lipinski definition) is 5. The predicted octanol–water partition coefficient (Wildman–Crippen LogP) is 3.15. The first-order valence-electron chi connectivity index (χ1n) is 8.94. The van der Waals surface area contributed by atoms with E-state index in [0.717, 1.165) is 29.5 Å². The number of nitrogens with zero attached hydrogens (tertiary/aromatic N) is 4. The maximum absolute atomic E-state index is 12.3. The molecule has 0 bridgehead atoms. The fourth-order valence-corrected chi connectivity index (χ4v) is 4.12. The van der Waals surface area contributed by atoms with Gasteiger partial charge in [-0.2, -0.15) is 0 Å². The molecule has 0 radical (unpaired) electrons. The summed E-state index contributed by atoms with van der Waals surface area (Å²) >= 11 is 1.45. The second kappa shape index (κ2) is 8.47. The molecule has 1 N–H and O–H groups in total. The molecule has 1 amide bonds. The van der Waals surface area contributed by atoms with Gasteiger partial charge >= 0.3 is 0 Å². The summed E-state index contributed by atoms with van der Waals surface area (Å²) in [5.74, 6) is 1.84. The van der Waals surface area contributed by atoms with Crippen LogP contribution in [0.25, 0.3) is 11.4 Å². The van der Waals surface area contributed by atoms with Gasteiger partial charge in [-0.15, -0.1) is 10.2 Å². The molecule has 25 heavy (non-hydrogen) atoms. The highest BCUT2D eigenvalue weighted by molar-refractivity contribution is 7.99. The van der Waals surface area contributed by atoms with E-state index < -0.39 is 0 Å². The second-order valence-corrected chi connectivity index (χ2v) is 7.45. The van der Waals surface area contributed by atoms with E-state index in [0.29, 0.717) is 17.7 Å². The first-order valence-corrected chi connectivity index (χ1v) is 9.93. The molecule has 1 saturated carbocycles. The molecule has 1 aliphatic rings. The van der Waals surface area contributed by atoms with E-state index >= 15 is 0 Å². The molecule has 2 aromatic rings. The second-order valence-electron chi connectivity index (χ2n) is 6.51. The molecule has 3 rings (SSSR count). The van der Waals surface area contributed by atoms with Gasteiger partial charge < -0.3 is 9.88 Å². The van der Waals surface area contributed by atoms with Gasteiger partial charge in [0, 0.05) is 30.5 Å². The van der Waals surface area contributed by atoms with Crippen LogP contribution >= 0.6 is 11.8 Å². The number of nitrogens with one attached hydrogen (secondary N) is 1. The van der Waals surface area contributed by atoms with Crippen molar-refractivity contribution in [3.8, 4) is 11.4 Å². The van der Waals surface area contributed by atoms with Crippen molar-refractivity contribution in [2.45, 2.75) is 57.3 Å². The quantitative estimate of drug-likeness (QED) is 0.802. The van der Waals surface area contributed by atoms with Gasteiger partial charge in [-0.05, 0) is 37.8 Å². The first-order chi connectivity index (χ1) is 12.2. The zero-order valence-electron chi connectivity index (χ0n) is 14.8. The summed E-state index contributed by atoms with van der Waals surface area (Å²) < 4.78 is 2.04. The molecule has 0 saturated heterocycles. The Labute approximate surface area is 152 Å². The van der Waals surface area contributed by atoms with Gasteiger partial charge in [0.05, 0.1) is 5.75 Å². The molecular weight excluding hydrogens is 334 g/mol. The lowest BCUT2D eigenvalue weighted by molar-refractivity contribution is -0.119. The van der Waals surface area contributed by atoms with E-state index in [1.54, 1.807) is 12.4 Å². The minimum absolute atomic E-state index is 0.0832. The number of aromatic nitrogens is 4. The number of pyridine rings is 1. The summed E-state index contributed by atoms with van der Waals surface area (Å²) in [4.78, 5) is 16.3. The van der Waals surface area contributed by atoms with Gasteiger partial charge in [-0.1, -0.05) is 31.5 Å². The van der Waals surface area contributed by atoms with Gasteiger partial charge in [-0.3, -0.25) is 9.78 Å². The van der Waals surface area contributed by atoms with Crippen molar-refractivity contribution in [1.82, 2.24) is 25.1 Å². The molecule has 0 aromatic carbocycles. The molecule has 1 fully saturated rings. The van der Waals surface area contributed by atoms with Crippen LogP contribution < -0.4 is 5.32 Å². The number of carbonyl (C=O) groups is 1. The van der Waals surface area contributed by atoms with Gasteiger partial charge in [0.2, 0.25) is 5.91 Å². The van der Waals surface area contributed by atoms with Crippen LogP contribution in [0.2, 0.25) is 0 Å². The Hall–Kier alpha value is -1.89. The third kappa shape index (κ3) is 4.39. The Morgan fingerprint density at radius 2 is 2.04 bits per heavy atom. The third-order valence-electron chi connectivity index (χ3n) is 4.76. The maximum atomic E-state index is 12.3. The van der Waals surface area contributed by atoms with Crippen molar-refractivity contribution < 1.29 is 4.79 Å². The van der Waals surface area contributed by atoms with Crippen molar-refractivity contribution >= 4 is 17.7 Å². The molecule has 2 atom stereocenters. The van der Waals surface area contributed by atoms with E-state index in [-0.39, 0.29) is 5.91 Å². The van der Waals surface area contributed by atoms with Gasteiger partial charge in [0.25, 0.3) is 0 Å². The third-order valence-corrected chi connectivity index (χ3v) is 5.73. The molecule has 2 aromatic heterocycles. The van der Waals surface area contributed by atoms with Gasteiger partial charge in [-0.25, -0.2) is 0 Å². The standard InChI is InChI=1S/C18H25N5OS/c1-3-23-17(14-8-10-19-11-9-14)21-22-18(23)25-12-16(24)20-15-7-5-4-6-13(15)2/h8-11,13,15H,3-7,12H2,1-2H3,(H,20,24)/t13-,15+/m0/s1. The summed E-state index contributed by atoms with van der Waals surface area (Å²) in [6.45, 7) is 5.04. The van der Waals surface area contributed by atoms with Crippen LogP contribution in [-0.2, 0) is 11.3 Å². The highest BCUT2D eigenvalue weighted by Gasteiger charge is 2.23. The Kier molecular flexibility index (Phi) is 6.07.